The highest BCUT2D eigenvalue weighted by atomic mass is 35.5. The van der Waals surface area contributed by atoms with Gasteiger partial charge in [0, 0.05) is 36.2 Å². The highest BCUT2D eigenvalue weighted by Gasteiger charge is 2.33. The lowest BCUT2D eigenvalue weighted by Crippen LogP contribution is -2.40. The Kier molecular flexibility index (Phi) is 7.80. The minimum Gasteiger partial charge on any atom is -0.331 e. The second-order valence-electron chi connectivity index (χ2n) is 10.0. The van der Waals surface area contributed by atoms with Crippen molar-refractivity contribution in [2.75, 3.05) is 17.9 Å². The molecule has 0 saturated heterocycles. The number of benzene rings is 3. The zero-order valence-electron chi connectivity index (χ0n) is 23.1. The number of halogens is 2. The minimum absolute atomic E-state index is 0.0283. The molecular formula is C30H30Cl2N4O4S. The normalized spacial score (nSPS) is 15.1. The number of fused-ring (bicyclic) bond motifs is 1. The van der Waals surface area contributed by atoms with Gasteiger partial charge < -0.3 is 4.90 Å². The van der Waals surface area contributed by atoms with Crippen LogP contribution in [0.15, 0.2) is 76.4 Å². The first-order valence-corrected chi connectivity index (χ1v) is 15.4. The van der Waals surface area contributed by atoms with Crippen molar-refractivity contribution in [2.24, 2.45) is 7.05 Å². The summed E-state index contributed by atoms with van der Waals surface area (Å²) in [6, 6.07) is 18.2. The van der Waals surface area contributed by atoms with Gasteiger partial charge in [-0.05, 0) is 73.4 Å². The predicted octanol–water partition coefficient (Wildman–Crippen LogP) is 5.77. The van der Waals surface area contributed by atoms with Crippen molar-refractivity contribution in [3.63, 3.8) is 0 Å². The van der Waals surface area contributed by atoms with Gasteiger partial charge in [0.15, 0.2) is 0 Å². The molecule has 1 amide bonds. The molecule has 0 saturated carbocycles. The summed E-state index contributed by atoms with van der Waals surface area (Å²) in [5, 5.41) is 1.08. The summed E-state index contributed by atoms with van der Waals surface area (Å²) >= 11 is 12.7. The van der Waals surface area contributed by atoms with Gasteiger partial charge in [-0.3, -0.25) is 18.6 Å². The van der Waals surface area contributed by atoms with Crippen LogP contribution in [0.1, 0.15) is 46.6 Å². The third kappa shape index (κ3) is 4.96. The number of nitrogens with zero attached hydrogens (tertiary/aromatic N) is 4. The average molecular weight is 614 g/mol. The van der Waals surface area contributed by atoms with E-state index in [1.807, 2.05) is 19.1 Å². The molecule has 1 aromatic heterocycles. The van der Waals surface area contributed by atoms with Crippen LogP contribution in [0.5, 0.6) is 0 Å². The molecule has 1 aliphatic rings. The molecule has 0 bridgehead atoms. The van der Waals surface area contributed by atoms with Gasteiger partial charge in [0.1, 0.15) is 5.69 Å². The van der Waals surface area contributed by atoms with E-state index in [4.69, 9.17) is 23.2 Å². The average Bonchev–Trinajstić information content (AvgIpc) is 3.18. The van der Waals surface area contributed by atoms with Crippen LogP contribution in [0.4, 0.5) is 5.69 Å². The van der Waals surface area contributed by atoms with Gasteiger partial charge in [0.2, 0.25) is 0 Å². The highest BCUT2D eigenvalue weighted by Crippen LogP contribution is 2.38. The number of hydrogen-bond acceptors (Lipinski definition) is 4. The van der Waals surface area contributed by atoms with E-state index in [1.54, 1.807) is 66.0 Å². The van der Waals surface area contributed by atoms with Crippen molar-refractivity contribution in [3.05, 3.63) is 110 Å². The SMILES string of the molecule is CCC1c2cc(Cl)cc(Cl)c2CCN1C(=O)c1cccc(S(=O)(=O)N(C)c2c(C)n(C)n(-c3ccccc3)c2=O)c1. The first-order chi connectivity index (χ1) is 19.5. The highest BCUT2D eigenvalue weighted by molar-refractivity contribution is 7.92. The zero-order valence-corrected chi connectivity index (χ0v) is 25.5. The maximum atomic E-state index is 13.8. The minimum atomic E-state index is -4.19. The summed E-state index contributed by atoms with van der Waals surface area (Å²) in [6.07, 6.45) is 1.20. The summed E-state index contributed by atoms with van der Waals surface area (Å²) in [4.78, 5) is 28.9. The maximum absolute atomic E-state index is 13.8. The van der Waals surface area contributed by atoms with Crippen LogP contribution in [-0.2, 0) is 23.5 Å². The molecule has 41 heavy (non-hydrogen) atoms. The van der Waals surface area contributed by atoms with Crippen LogP contribution in [0.25, 0.3) is 5.69 Å². The van der Waals surface area contributed by atoms with Gasteiger partial charge in [-0.2, -0.15) is 0 Å². The Hall–Kier alpha value is -3.53. The number of para-hydroxylation sites is 1. The van der Waals surface area contributed by atoms with Gasteiger partial charge in [-0.25, -0.2) is 13.1 Å². The fraction of sp³-hybridized carbons (Fsp3) is 0.267. The number of sulfonamides is 1. The molecule has 1 aliphatic heterocycles. The van der Waals surface area contributed by atoms with Crippen LogP contribution in [0, 0.1) is 6.92 Å². The Bertz CT molecular complexity index is 1820. The number of hydrogen-bond donors (Lipinski definition) is 0. The van der Waals surface area contributed by atoms with Crippen LogP contribution in [-0.4, -0.2) is 42.2 Å². The van der Waals surface area contributed by atoms with Gasteiger partial charge in [0.25, 0.3) is 21.5 Å². The van der Waals surface area contributed by atoms with E-state index in [0.717, 1.165) is 15.4 Å². The van der Waals surface area contributed by atoms with Gasteiger partial charge in [-0.1, -0.05) is 54.4 Å². The summed E-state index contributed by atoms with van der Waals surface area (Å²) in [5.74, 6) is -0.291. The molecule has 4 aromatic rings. The number of amides is 1. The third-order valence-corrected chi connectivity index (χ3v) is 10.1. The number of carbonyl (C=O) groups excluding carboxylic acids is 1. The van der Waals surface area contributed by atoms with Gasteiger partial charge >= 0.3 is 0 Å². The van der Waals surface area contributed by atoms with Crippen LogP contribution >= 0.6 is 23.2 Å². The summed E-state index contributed by atoms with van der Waals surface area (Å²) in [6.45, 7) is 4.11. The molecule has 5 rings (SSSR count). The molecular weight excluding hydrogens is 583 g/mol. The molecule has 0 fully saturated rings. The topological polar surface area (TPSA) is 84.6 Å². The van der Waals surface area contributed by atoms with Crippen molar-refractivity contribution in [1.29, 1.82) is 0 Å². The quantitative estimate of drug-likeness (QED) is 0.277. The van der Waals surface area contributed by atoms with E-state index in [1.165, 1.54) is 23.9 Å². The monoisotopic (exact) mass is 612 g/mol. The predicted molar refractivity (Wildman–Crippen MR) is 162 cm³/mol. The van der Waals surface area contributed by atoms with Crippen molar-refractivity contribution in [1.82, 2.24) is 14.3 Å². The molecule has 1 unspecified atom stereocenters. The van der Waals surface area contributed by atoms with E-state index in [0.29, 0.717) is 40.8 Å². The Morgan fingerprint density at radius 3 is 2.44 bits per heavy atom. The second kappa shape index (κ2) is 11.0. The number of carbonyl (C=O) groups is 1. The summed E-state index contributed by atoms with van der Waals surface area (Å²) < 4.78 is 31.7. The lowest BCUT2D eigenvalue weighted by Gasteiger charge is -2.37. The van der Waals surface area contributed by atoms with Crippen LogP contribution in [0.2, 0.25) is 10.0 Å². The summed E-state index contributed by atoms with van der Waals surface area (Å²) in [7, 11) is -1.13. The molecule has 214 valence electrons. The van der Waals surface area contributed by atoms with Gasteiger partial charge in [0.05, 0.1) is 22.3 Å². The van der Waals surface area contributed by atoms with E-state index in [2.05, 4.69) is 0 Å². The largest absolute Gasteiger partial charge is 0.331 e. The Morgan fingerprint density at radius 2 is 1.76 bits per heavy atom. The molecule has 3 aromatic carbocycles. The maximum Gasteiger partial charge on any atom is 0.296 e. The molecule has 11 heteroatoms. The first kappa shape index (κ1) is 29.0. The second-order valence-corrected chi connectivity index (χ2v) is 12.9. The molecule has 1 atom stereocenters. The fourth-order valence-electron chi connectivity index (χ4n) is 5.57. The zero-order chi connectivity index (χ0) is 29.6. The Balaban J connectivity index is 1.50. The van der Waals surface area contributed by atoms with E-state index < -0.39 is 15.6 Å². The molecule has 0 N–H and O–H groups in total. The lowest BCUT2D eigenvalue weighted by atomic mass is 9.90. The van der Waals surface area contributed by atoms with Crippen molar-refractivity contribution in [2.45, 2.75) is 37.6 Å². The fourth-order valence-corrected chi connectivity index (χ4v) is 7.47. The standard InChI is InChI=1S/C30H30Cl2N4O4S/c1-5-27-25-17-21(31)18-26(32)24(25)14-15-35(27)29(37)20-10-9-13-23(16-20)41(39,40)34(4)28-19(2)33(3)36(30(28)38)22-11-7-6-8-12-22/h6-13,16-18,27H,5,14-15H2,1-4H3. The smallest absolute Gasteiger partial charge is 0.296 e. The summed E-state index contributed by atoms with van der Waals surface area (Å²) in [5.41, 5.74) is 2.77. The first-order valence-electron chi connectivity index (χ1n) is 13.2. The molecule has 0 spiro atoms. The molecule has 0 aliphatic carbocycles. The van der Waals surface area contributed by atoms with E-state index in [-0.39, 0.29) is 28.1 Å². The van der Waals surface area contributed by atoms with E-state index in [9.17, 15) is 18.0 Å². The van der Waals surface area contributed by atoms with Crippen LogP contribution in [0.3, 0.4) is 0 Å². The number of anilines is 1. The number of aromatic nitrogens is 2. The third-order valence-electron chi connectivity index (χ3n) is 7.76. The number of rotatable bonds is 6. The Morgan fingerprint density at radius 1 is 1.05 bits per heavy atom. The molecule has 8 nitrogen and oxygen atoms in total. The van der Waals surface area contributed by atoms with Gasteiger partial charge in [-0.15, -0.1) is 0 Å². The van der Waals surface area contributed by atoms with Crippen LogP contribution < -0.4 is 9.86 Å². The molecule has 2 heterocycles. The van der Waals surface area contributed by atoms with E-state index >= 15 is 0 Å². The Labute approximate surface area is 249 Å². The van der Waals surface area contributed by atoms with Crippen molar-refractivity contribution in [3.8, 4) is 5.69 Å². The molecule has 0 radical (unpaired) electrons. The van der Waals surface area contributed by atoms with Crippen molar-refractivity contribution < 1.29 is 13.2 Å². The lowest BCUT2D eigenvalue weighted by molar-refractivity contribution is 0.0655. The van der Waals surface area contributed by atoms with Crippen molar-refractivity contribution >= 4 is 44.8 Å².